The standard InChI is InChI=1S/C86H104F4O12P2/c1-77(2,3)56-39-51(40-57(69(56)93-25)78(4,5)6)103(91,52-41-58(79(7,8)9)70(94-26)59(42-52)80(10,11)12)65-48-64(97-49-35-31-29-32-36-49)73-75(101-86(89,90)100-73)67(65)55-47-66(74(98-50-37-33-30-34-38-50)76-68(55)99-85(87,88)102-76)104(92,53-43-60(81(13,14)15)71(95-27)61(44-53)82(16,17)18)54-45-62(83(19,20)21)72(96-28)63(46-54)84(22,23)24/h29-48H,1-28H3. The summed E-state index contributed by atoms with van der Waals surface area (Å²) in [6.45, 7) is 48.2. The molecule has 558 valence electrons. The summed E-state index contributed by atoms with van der Waals surface area (Å²) in [4.78, 5) is 0. The molecule has 0 unspecified atom stereocenters. The van der Waals surface area contributed by atoms with Crippen molar-refractivity contribution in [2.75, 3.05) is 28.4 Å². The second-order valence-electron chi connectivity index (χ2n) is 35.5. The quantitative estimate of drug-likeness (QED) is 0.0716. The smallest absolute Gasteiger partial charge is 0.496 e. The average Bonchev–Trinajstić information content (AvgIpc) is 1.16. The van der Waals surface area contributed by atoms with E-state index >= 15 is 26.7 Å². The molecule has 0 bridgehead atoms. The second-order valence-corrected chi connectivity index (χ2v) is 41.0. The van der Waals surface area contributed by atoms with Crippen molar-refractivity contribution in [3.05, 3.63) is 166 Å². The van der Waals surface area contributed by atoms with Gasteiger partial charge in [-0.2, -0.15) is 0 Å². The number of para-hydroxylation sites is 2. The number of alkyl halides is 4. The Hall–Kier alpha value is -8.06. The number of ether oxygens (including phenoxy) is 10. The minimum absolute atomic E-state index is 0.104. The molecule has 0 amide bonds. The van der Waals surface area contributed by atoms with Gasteiger partial charge < -0.3 is 56.5 Å². The van der Waals surface area contributed by atoms with Crippen LogP contribution >= 0.6 is 14.3 Å². The van der Waals surface area contributed by atoms with E-state index in [2.05, 4.69) is 0 Å². The topological polar surface area (TPSA) is 126 Å². The molecule has 12 nitrogen and oxygen atoms in total. The minimum atomic E-state index is -5.03. The van der Waals surface area contributed by atoms with Gasteiger partial charge in [-0.3, -0.25) is 0 Å². The highest BCUT2D eigenvalue weighted by Gasteiger charge is 2.55. The number of hydrogen-bond acceptors (Lipinski definition) is 12. The Labute approximate surface area is 613 Å². The van der Waals surface area contributed by atoms with E-state index in [-0.39, 0.29) is 49.1 Å². The lowest BCUT2D eigenvalue weighted by Crippen LogP contribution is -2.33. The molecule has 0 radical (unpaired) electrons. The molecule has 104 heavy (non-hydrogen) atoms. The molecule has 0 saturated carbocycles. The van der Waals surface area contributed by atoms with E-state index in [0.717, 1.165) is 0 Å². The molecule has 0 spiro atoms. The van der Waals surface area contributed by atoms with Crippen molar-refractivity contribution in [2.45, 2.75) is 222 Å². The van der Waals surface area contributed by atoms with Crippen molar-refractivity contribution in [3.63, 3.8) is 0 Å². The van der Waals surface area contributed by atoms with E-state index in [4.69, 9.17) is 47.4 Å². The van der Waals surface area contributed by atoms with Crippen LogP contribution in [0.2, 0.25) is 0 Å². The van der Waals surface area contributed by atoms with Crippen molar-refractivity contribution in [2.24, 2.45) is 0 Å². The van der Waals surface area contributed by atoms with E-state index in [0.29, 0.717) is 67.5 Å². The van der Waals surface area contributed by atoms with Crippen LogP contribution in [-0.4, -0.2) is 41.0 Å². The van der Waals surface area contributed by atoms with Crippen LogP contribution in [0, 0.1) is 0 Å². The van der Waals surface area contributed by atoms with E-state index in [1.165, 1.54) is 12.1 Å². The molecular weight excluding hydrogens is 1360 g/mol. The first-order valence-electron chi connectivity index (χ1n) is 35.2. The van der Waals surface area contributed by atoms with Crippen LogP contribution in [-0.2, 0) is 52.5 Å². The molecule has 10 rings (SSSR count). The van der Waals surface area contributed by atoms with Crippen LogP contribution in [0.5, 0.6) is 69.0 Å². The summed E-state index contributed by atoms with van der Waals surface area (Å²) in [7, 11) is -3.67. The van der Waals surface area contributed by atoms with Crippen LogP contribution in [0.1, 0.15) is 211 Å². The van der Waals surface area contributed by atoms with E-state index < -0.39 is 110 Å². The van der Waals surface area contributed by atoms with Gasteiger partial charge in [0, 0.05) is 82.2 Å². The molecule has 0 aromatic heterocycles. The summed E-state index contributed by atoms with van der Waals surface area (Å²) in [6, 6.07) is 34.0. The fourth-order valence-corrected chi connectivity index (χ4v) is 19.6. The highest BCUT2D eigenvalue weighted by Crippen LogP contribution is 2.65. The number of hydrogen-bond donors (Lipinski definition) is 0. The van der Waals surface area contributed by atoms with Crippen LogP contribution in [0.25, 0.3) is 11.1 Å². The maximum absolute atomic E-state index is 19.5. The number of methoxy groups -OCH3 is 4. The van der Waals surface area contributed by atoms with Gasteiger partial charge in [-0.05, 0) is 128 Å². The van der Waals surface area contributed by atoms with Gasteiger partial charge in [0.15, 0.2) is 37.3 Å². The molecule has 0 N–H and O–H groups in total. The van der Waals surface area contributed by atoms with Gasteiger partial charge in [-0.1, -0.05) is 203 Å². The molecule has 0 fully saturated rings. The lowest BCUT2D eigenvalue weighted by Gasteiger charge is -2.35. The maximum atomic E-state index is 19.5. The number of halogens is 4. The molecule has 8 aromatic carbocycles. The average molecular weight is 1470 g/mol. The molecule has 18 heteroatoms. The summed E-state index contributed by atoms with van der Waals surface area (Å²) < 4.78 is 171. The molecule has 8 aromatic rings. The van der Waals surface area contributed by atoms with Crippen molar-refractivity contribution in [3.8, 4) is 80.1 Å². The lowest BCUT2D eigenvalue weighted by molar-refractivity contribution is -0.288. The van der Waals surface area contributed by atoms with Gasteiger partial charge in [0.1, 0.15) is 34.5 Å². The van der Waals surface area contributed by atoms with Crippen molar-refractivity contribution >= 4 is 46.1 Å². The largest absolute Gasteiger partial charge is 0.586 e. The fourth-order valence-electron chi connectivity index (χ4n) is 13.8. The monoisotopic (exact) mass is 1470 g/mol. The molecule has 2 aliphatic rings. The van der Waals surface area contributed by atoms with Gasteiger partial charge >= 0.3 is 12.6 Å². The number of fused-ring (bicyclic) bond motifs is 2. The summed E-state index contributed by atoms with van der Waals surface area (Å²) in [5.41, 5.74) is -1.73. The van der Waals surface area contributed by atoms with Crippen LogP contribution in [0.3, 0.4) is 0 Å². The predicted molar refractivity (Wildman–Crippen MR) is 412 cm³/mol. The van der Waals surface area contributed by atoms with E-state index in [1.54, 1.807) is 89.1 Å². The SMILES string of the molecule is COc1c(C(C)(C)C)cc(P(=O)(c2cc(C(C)(C)C)c(OC)c(C(C)(C)C)c2)c2cc(-c3c(P(=O)(c4cc(C(C)(C)C)c(OC)c(C(C)(C)C)c4)c4cc(C(C)(C)C)c(OC)c(C(C)(C)C)c4)cc(Oc4ccccc4)c4c3OC(F)(F)O4)c3c(c2Oc2ccccc2)OC(F)(F)O3)cc1C(C)(C)C. The van der Waals surface area contributed by atoms with E-state index in [9.17, 15) is 0 Å². The summed E-state index contributed by atoms with van der Waals surface area (Å²) in [6.07, 6.45) is -9.08. The second kappa shape index (κ2) is 26.5. The zero-order valence-electron chi connectivity index (χ0n) is 65.9. The predicted octanol–water partition coefficient (Wildman–Crippen LogP) is 21.3. The van der Waals surface area contributed by atoms with Gasteiger partial charge in [0.05, 0.1) is 33.7 Å². The Bertz CT molecular complexity index is 4440. The third kappa shape index (κ3) is 14.6. The van der Waals surface area contributed by atoms with Crippen LogP contribution < -0.4 is 79.2 Å². The first-order chi connectivity index (χ1) is 47.6. The van der Waals surface area contributed by atoms with Gasteiger partial charge in [-0.15, -0.1) is 17.6 Å². The van der Waals surface area contributed by atoms with Crippen LogP contribution in [0.15, 0.2) is 121 Å². The molecule has 2 heterocycles. The van der Waals surface area contributed by atoms with Crippen molar-refractivity contribution in [1.29, 1.82) is 0 Å². The minimum Gasteiger partial charge on any atom is -0.496 e. The third-order valence-corrected chi connectivity index (χ3v) is 25.1. The Morgan fingerprint density at radius 1 is 0.308 bits per heavy atom. The van der Waals surface area contributed by atoms with Crippen molar-refractivity contribution in [1.82, 2.24) is 0 Å². The first-order valence-corrected chi connectivity index (χ1v) is 38.6. The first kappa shape index (κ1) is 78.5. The van der Waals surface area contributed by atoms with E-state index in [1.807, 2.05) is 215 Å². The zero-order valence-corrected chi connectivity index (χ0v) is 67.6. The van der Waals surface area contributed by atoms with Gasteiger partial charge in [-0.25, -0.2) is 0 Å². The number of rotatable bonds is 15. The summed E-state index contributed by atoms with van der Waals surface area (Å²) in [5, 5.41) is 0.212. The molecular formula is C86H104F4O12P2. The fraction of sp³-hybridized carbons (Fsp3) is 0.442. The van der Waals surface area contributed by atoms with Gasteiger partial charge in [0.25, 0.3) is 0 Å². The van der Waals surface area contributed by atoms with Crippen molar-refractivity contribution < 1.29 is 74.1 Å². The summed E-state index contributed by atoms with van der Waals surface area (Å²) >= 11 is 0. The molecule has 0 aliphatic carbocycles. The molecule has 0 saturated heterocycles. The summed E-state index contributed by atoms with van der Waals surface area (Å²) in [5.74, 6) is -1.54. The molecule has 2 aliphatic heterocycles. The lowest BCUT2D eigenvalue weighted by atomic mass is 9.79. The highest BCUT2D eigenvalue weighted by atomic mass is 31.2. The number of benzene rings is 8. The van der Waals surface area contributed by atoms with Gasteiger partial charge in [0.2, 0.25) is 11.5 Å². The normalized spacial score (nSPS) is 14.9. The third-order valence-electron chi connectivity index (χ3n) is 19.1. The maximum Gasteiger partial charge on any atom is 0.586 e. The molecule has 0 atom stereocenters. The Morgan fingerprint density at radius 2 is 0.567 bits per heavy atom. The Morgan fingerprint density at radius 3 is 0.856 bits per heavy atom. The zero-order chi connectivity index (χ0) is 77.4. The Balaban J connectivity index is 1.58. The Kier molecular flexibility index (Phi) is 20.0. The highest BCUT2D eigenvalue weighted by molar-refractivity contribution is 7.86. The van der Waals surface area contributed by atoms with Crippen LogP contribution in [0.4, 0.5) is 17.6 Å².